The van der Waals surface area contributed by atoms with E-state index in [4.69, 9.17) is 0 Å². The molecule has 0 aliphatic carbocycles. The molecule has 1 fully saturated rings. The summed E-state index contributed by atoms with van der Waals surface area (Å²) in [5, 5.41) is 6.39. The van der Waals surface area contributed by atoms with Gasteiger partial charge >= 0.3 is 0 Å². The van der Waals surface area contributed by atoms with Gasteiger partial charge in [-0.3, -0.25) is 10.00 Å². The topological polar surface area (TPSA) is 81.3 Å². The monoisotopic (exact) mass is 287 g/mol. The van der Waals surface area contributed by atoms with Crippen LogP contribution in [0.25, 0.3) is 0 Å². The minimum absolute atomic E-state index is 0.195. The second kappa shape index (κ2) is 5.58. The molecule has 1 saturated heterocycles. The van der Waals surface area contributed by atoms with Gasteiger partial charge in [-0.15, -0.1) is 0 Å². The lowest BCUT2D eigenvalue weighted by atomic mass is 10.2. The van der Waals surface area contributed by atoms with Crippen LogP contribution in [0.1, 0.15) is 5.69 Å². The van der Waals surface area contributed by atoms with Gasteiger partial charge in [0.2, 0.25) is 10.0 Å². The van der Waals surface area contributed by atoms with Gasteiger partial charge in [0.1, 0.15) is 4.90 Å². The zero-order valence-corrected chi connectivity index (χ0v) is 12.4. The molecule has 1 aromatic rings. The molecular formula is C11H21N5O2S. The molecule has 108 valence electrons. The third kappa shape index (κ3) is 3.33. The number of piperazine rings is 1. The molecule has 2 rings (SSSR count). The Morgan fingerprint density at radius 3 is 2.84 bits per heavy atom. The van der Waals surface area contributed by atoms with Crippen LogP contribution in [-0.4, -0.2) is 74.7 Å². The van der Waals surface area contributed by atoms with Crippen LogP contribution in [0.15, 0.2) is 11.1 Å². The second-order valence-corrected chi connectivity index (χ2v) is 6.84. The fourth-order valence-corrected chi connectivity index (χ4v) is 3.42. The molecule has 1 aromatic heterocycles. The Balaban J connectivity index is 2.00. The average molecular weight is 287 g/mol. The summed E-state index contributed by atoms with van der Waals surface area (Å²) in [5.74, 6) is 0. The highest BCUT2D eigenvalue weighted by molar-refractivity contribution is 7.89. The Bertz CT molecular complexity index is 527. The lowest BCUT2D eigenvalue weighted by molar-refractivity contribution is 0.117. The molecule has 2 heterocycles. The molecule has 0 radical (unpaired) electrons. The highest BCUT2D eigenvalue weighted by Gasteiger charge is 2.25. The minimum Gasteiger partial charge on any atom is -0.303 e. The molecule has 2 N–H and O–H groups in total. The van der Waals surface area contributed by atoms with Gasteiger partial charge in [-0.2, -0.15) is 5.10 Å². The van der Waals surface area contributed by atoms with E-state index >= 15 is 0 Å². The van der Waals surface area contributed by atoms with E-state index in [0.717, 1.165) is 19.6 Å². The van der Waals surface area contributed by atoms with Gasteiger partial charge < -0.3 is 4.90 Å². The normalized spacial score (nSPS) is 22.8. The smallest absolute Gasteiger partial charge is 0.244 e. The van der Waals surface area contributed by atoms with Crippen molar-refractivity contribution in [2.45, 2.75) is 17.9 Å². The molecule has 19 heavy (non-hydrogen) atoms. The lowest BCUT2D eigenvalue weighted by Crippen LogP contribution is -2.54. The Morgan fingerprint density at radius 2 is 2.21 bits per heavy atom. The van der Waals surface area contributed by atoms with Crippen LogP contribution >= 0.6 is 0 Å². The van der Waals surface area contributed by atoms with Crippen LogP contribution < -0.4 is 4.72 Å². The highest BCUT2D eigenvalue weighted by Crippen LogP contribution is 2.11. The number of aryl methyl sites for hydroxylation is 1. The van der Waals surface area contributed by atoms with Crippen LogP contribution in [0.5, 0.6) is 0 Å². The van der Waals surface area contributed by atoms with Crippen molar-refractivity contribution in [3.8, 4) is 0 Å². The first-order valence-electron chi connectivity index (χ1n) is 6.28. The summed E-state index contributed by atoms with van der Waals surface area (Å²) in [6, 6.07) is 0.195. The maximum Gasteiger partial charge on any atom is 0.244 e. The number of hydrogen-bond donors (Lipinski definition) is 2. The van der Waals surface area contributed by atoms with Gasteiger partial charge in [0.05, 0.1) is 11.9 Å². The van der Waals surface area contributed by atoms with E-state index in [-0.39, 0.29) is 10.9 Å². The fraction of sp³-hybridized carbons (Fsp3) is 0.727. The van der Waals surface area contributed by atoms with E-state index in [0.29, 0.717) is 12.2 Å². The quantitative estimate of drug-likeness (QED) is 0.761. The summed E-state index contributed by atoms with van der Waals surface area (Å²) < 4.78 is 27.0. The first kappa shape index (κ1) is 14.4. The molecule has 0 aromatic carbocycles. The van der Waals surface area contributed by atoms with Crippen molar-refractivity contribution in [2.75, 3.05) is 40.3 Å². The first-order valence-corrected chi connectivity index (χ1v) is 7.77. The molecule has 0 bridgehead atoms. The standard InChI is InChI=1S/C11H21N5O2S/c1-9-11(7-12-14-9)19(17,18)13-6-10-8-15(2)4-5-16(10)3/h7,10,13H,4-6,8H2,1-3H3,(H,12,14). The predicted octanol–water partition coefficient (Wildman–Crippen LogP) is -0.758. The number of nitrogens with one attached hydrogen (secondary N) is 2. The van der Waals surface area contributed by atoms with Crippen molar-refractivity contribution in [3.63, 3.8) is 0 Å². The molecular weight excluding hydrogens is 266 g/mol. The van der Waals surface area contributed by atoms with Gasteiger partial charge in [0.25, 0.3) is 0 Å². The van der Waals surface area contributed by atoms with E-state index in [1.165, 1.54) is 6.20 Å². The summed E-state index contributed by atoms with van der Waals surface area (Å²) in [6.07, 6.45) is 1.34. The molecule has 0 spiro atoms. The molecule has 1 atom stereocenters. The molecule has 0 saturated carbocycles. The van der Waals surface area contributed by atoms with Gasteiger partial charge in [0.15, 0.2) is 0 Å². The number of sulfonamides is 1. The summed E-state index contributed by atoms with van der Waals surface area (Å²) in [4.78, 5) is 4.62. The third-order valence-corrected chi connectivity index (χ3v) is 5.10. The molecule has 1 aliphatic rings. The number of likely N-dealkylation sites (N-methyl/N-ethyl adjacent to an activating group) is 2. The van der Waals surface area contributed by atoms with Gasteiger partial charge in [-0.25, -0.2) is 13.1 Å². The minimum atomic E-state index is -3.48. The lowest BCUT2D eigenvalue weighted by Gasteiger charge is -2.37. The maximum absolute atomic E-state index is 12.1. The molecule has 1 aliphatic heterocycles. The van der Waals surface area contributed by atoms with E-state index in [2.05, 4.69) is 31.8 Å². The molecule has 8 heteroatoms. The van der Waals surface area contributed by atoms with E-state index in [9.17, 15) is 8.42 Å². The predicted molar refractivity (Wildman–Crippen MR) is 72.4 cm³/mol. The largest absolute Gasteiger partial charge is 0.303 e. The van der Waals surface area contributed by atoms with E-state index < -0.39 is 10.0 Å². The van der Waals surface area contributed by atoms with Crippen LogP contribution in [0.2, 0.25) is 0 Å². The Morgan fingerprint density at radius 1 is 1.47 bits per heavy atom. The third-order valence-electron chi connectivity index (χ3n) is 3.56. The molecule has 1 unspecified atom stereocenters. The van der Waals surface area contributed by atoms with Gasteiger partial charge in [0, 0.05) is 32.2 Å². The van der Waals surface area contributed by atoms with Crippen molar-refractivity contribution in [2.24, 2.45) is 0 Å². The Hall–Kier alpha value is -0.960. The van der Waals surface area contributed by atoms with Crippen molar-refractivity contribution in [1.29, 1.82) is 0 Å². The number of rotatable bonds is 4. The number of H-pyrrole nitrogens is 1. The number of aromatic nitrogens is 2. The van der Waals surface area contributed by atoms with Crippen LogP contribution in [0.4, 0.5) is 0 Å². The van der Waals surface area contributed by atoms with Crippen molar-refractivity contribution in [3.05, 3.63) is 11.9 Å². The highest BCUT2D eigenvalue weighted by atomic mass is 32.2. The summed E-state index contributed by atoms with van der Waals surface area (Å²) in [5.41, 5.74) is 0.557. The van der Waals surface area contributed by atoms with Crippen LogP contribution in [0.3, 0.4) is 0 Å². The number of hydrogen-bond acceptors (Lipinski definition) is 5. The van der Waals surface area contributed by atoms with Crippen LogP contribution in [0, 0.1) is 6.92 Å². The summed E-state index contributed by atoms with van der Waals surface area (Å²) in [6.45, 7) is 4.94. The summed E-state index contributed by atoms with van der Waals surface area (Å²) in [7, 11) is 0.596. The Kier molecular flexibility index (Phi) is 4.24. The van der Waals surface area contributed by atoms with E-state index in [1.807, 2.05) is 7.05 Å². The molecule has 7 nitrogen and oxygen atoms in total. The van der Waals surface area contributed by atoms with Crippen molar-refractivity contribution >= 4 is 10.0 Å². The summed E-state index contributed by atoms with van der Waals surface area (Å²) >= 11 is 0. The van der Waals surface area contributed by atoms with Crippen molar-refractivity contribution < 1.29 is 8.42 Å². The van der Waals surface area contributed by atoms with Crippen molar-refractivity contribution in [1.82, 2.24) is 24.7 Å². The number of nitrogens with zero attached hydrogens (tertiary/aromatic N) is 3. The maximum atomic E-state index is 12.1. The zero-order chi connectivity index (χ0) is 14.0. The Labute approximate surface area is 114 Å². The number of aromatic amines is 1. The van der Waals surface area contributed by atoms with Gasteiger partial charge in [-0.1, -0.05) is 0 Å². The zero-order valence-electron chi connectivity index (χ0n) is 11.5. The molecule has 0 amide bonds. The van der Waals surface area contributed by atoms with Crippen LogP contribution in [-0.2, 0) is 10.0 Å². The SMILES string of the molecule is Cc1[nH]ncc1S(=O)(=O)NCC1CN(C)CCN1C. The average Bonchev–Trinajstić information content (AvgIpc) is 2.78. The van der Waals surface area contributed by atoms with E-state index in [1.54, 1.807) is 6.92 Å². The first-order chi connectivity index (χ1) is 8.90. The van der Waals surface area contributed by atoms with Gasteiger partial charge in [-0.05, 0) is 21.0 Å². The fourth-order valence-electron chi connectivity index (χ4n) is 2.22. The second-order valence-electron chi connectivity index (χ2n) is 5.11.